The standard InChI is InChI=1S/C15H28N4/c1-6-19(7-2)9-8-14-17-13(10-12(3)4)11-15(16-5)18-14/h11-12H,6-10H2,1-5H3,(H,16,17,18). The van der Waals surface area contributed by atoms with E-state index in [9.17, 15) is 0 Å². The van der Waals surface area contributed by atoms with Crippen LogP contribution in [-0.2, 0) is 12.8 Å². The van der Waals surface area contributed by atoms with Crippen LogP contribution in [0.15, 0.2) is 6.07 Å². The maximum absolute atomic E-state index is 4.68. The number of anilines is 1. The number of aromatic nitrogens is 2. The van der Waals surface area contributed by atoms with Crippen molar-refractivity contribution in [1.82, 2.24) is 14.9 Å². The van der Waals surface area contributed by atoms with Gasteiger partial charge in [0, 0.05) is 31.8 Å². The van der Waals surface area contributed by atoms with Gasteiger partial charge in [0.2, 0.25) is 0 Å². The predicted molar refractivity (Wildman–Crippen MR) is 81.6 cm³/mol. The normalized spacial score (nSPS) is 11.3. The van der Waals surface area contributed by atoms with Gasteiger partial charge < -0.3 is 10.2 Å². The Hall–Kier alpha value is -1.16. The minimum absolute atomic E-state index is 0.621. The van der Waals surface area contributed by atoms with Gasteiger partial charge in [-0.1, -0.05) is 27.7 Å². The first-order chi connectivity index (χ1) is 9.08. The van der Waals surface area contributed by atoms with Crippen LogP contribution in [0.4, 0.5) is 5.82 Å². The van der Waals surface area contributed by atoms with Gasteiger partial charge in [-0.2, -0.15) is 0 Å². The third-order valence-electron chi connectivity index (χ3n) is 3.25. The summed E-state index contributed by atoms with van der Waals surface area (Å²) in [4.78, 5) is 11.6. The molecule has 108 valence electrons. The van der Waals surface area contributed by atoms with Gasteiger partial charge in [0.05, 0.1) is 0 Å². The van der Waals surface area contributed by atoms with Crippen LogP contribution >= 0.6 is 0 Å². The molecule has 0 radical (unpaired) electrons. The summed E-state index contributed by atoms with van der Waals surface area (Å²) in [6, 6.07) is 2.06. The molecule has 19 heavy (non-hydrogen) atoms. The molecule has 1 rings (SSSR count). The Balaban J connectivity index is 2.75. The van der Waals surface area contributed by atoms with Crippen molar-refractivity contribution in [2.24, 2.45) is 5.92 Å². The van der Waals surface area contributed by atoms with Gasteiger partial charge in [0.1, 0.15) is 11.6 Å². The molecule has 0 saturated heterocycles. The lowest BCUT2D eigenvalue weighted by atomic mass is 10.1. The van der Waals surface area contributed by atoms with E-state index in [1.54, 1.807) is 0 Å². The third kappa shape index (κ3) is 5.55. The zero-order chi connectivity index (χ0) is 14.3. The Labute approximate surface area is 117 Å². The largest absolute Gasteiger partial charge is 0.373 e. The van der Waals surface area contributed by atoms with E-state index >= 15 is 0 Å². The molecule has 0 aliphatic carbocycles. The fourth-order valence-corrected chi connectivity index (χ4v) is 2.11. The number of nitrogens with one attached hydrogen (secondary N) is 1. The molecular weight excluding hydrogens is 236 g/mol. The minimum atomic E-state index is 0.621. The molecule has 0 fully saturated rings. The average molecular weight is 264 g/mol. The Morgan fingerprint density at radius 3 is 2.42 bits per heavy atom. The van der Waals surface area contributed by atoms with Crippen molar-refractivity contribution in [1.29, 1.82) is 0 Å². The molecule has 1 heterocycles. The number of hydrogen-bond acceptors (Lipinski definition) is 4. The Morgan fingerprint density at radius 2 is 1.89 bits per heavy atom. The highest BCUT2D eigenvalue weighted by molar-refractivity contribution is 5.35. The zero-order valence-electron chi connectivity index (χ0n) is 13.0. The summed E-state index contributed by atoms with van der Waals surface area (Å²) >= 11 is 0. The van der Waals surface area contributed by atoms with Crippen LogP contribution in [0.5, 0.6) is 0 Å². The van der Waals surface area contributed by atoms with E-state index in [2.05, 4.69) is 53.9 Å². The van der Waals surface area contributed by atoms with Crippen molar-refractivity contribution in [3.8, 4) is 0 Å². The Kier molecular flexibility index (Phi) is 6.78. The highest BCUT2D eigenvalue weighted by atomic mass is 15.1. The predicted octanol–water partition coefficient (Wildman–Crippen LogP) is 2.60. The molecule has 1 N–H and O–H groups in total. The summed E-state index contributed by atoms with van der Waals surface area (Å²) in [6.45, 7) is 12.0. The third-order valence-corrected chi connectivity index (χ3v) is 3.25. The van der Waals surface area contributed by atoms with E-state index in [-0.39, 0.29) is 0 Å². The fourth-order valence-electron chi connectivity index (χ4n) is 2.11. The summed E-state index contributed by atoms with van der Waals surface area (Å²) < 4.78 is 0. The molecule has 0 amide bonds. The van der Waals surface area contributed by atoms with E-state index in [1.165, 1.54) is 0 Å². The van der Waals surface area contributed by atoms with Gasteiger partial charge in [-0.15, -0.1) is 0 Å². The highest BCUT2D eigenvalue weighted by Crippen LogP contribution is 2.11. The first kappa shape index (κ1) is 15.9. The van der Waals surface area contributed by atoms with Gasteiger partial charge in [-0.3, -0.25) is 0 Å². The smallest absolute Gasteiger partial charge is 0.132 e. The molecule has 1 aromatic heterocycles. The number of rotatable bonds is 8. The van der Waals surface area contributed by atoms with Crippen molar-refractivity contribution >= 4 is 5.82 Å². The summed E-state index contributed by atoms with van der Waals surface area (Å²) in [6.07, 6.45) is 1.93. The van der Waals surface area contributed by atoms with E-state index in [0.717, 1.165) is 49.8 Å². The molecular formula is C15H28N4. The van der Waals surface area contributed by atoms with Crippen LogP contribution in [-0.4, -0.2) is 41.5 Å². The second kappa shape index (κ2) is 8.10. The summed E-state index contributed by atoms with van der Waals surface area (Å²) in [5, 5.41) is 3.13. The topological polar surface area (TPSA) is 41.1 Å². The maximum Gasteiger partial charge on any atom is 0.132 e. The maximum atomic E-state index is 4.68. The molecule has 0 aliphatic rings. The molecule has 0 unspecified atom stereocenters. The Bertz CT molecular complexity index is 372. The van der Waals surface area contributed by atoms with E-state index in [0.29, 0.717) is 5.92 Å². The quantitative estimate of drug-likeness (QED) is 0.783. The lowest BCUT2D eigenvalue weighted by molar-refractivity contribution is 0.305. The summed E-state index contributed by atoms with van der Waals surface area (Å²) in [5.74, 6) is 2.50. The zero-order valence-corrected chi connectivity index (χ0v) is 13.0. The van der Waals surface area contributed by atoms with Gasteiger partial charge in [-0.25, -0.2) is 9.97 Å². The van der Waals surface area contributed by atoms with Crippen LogP contribution < -0.4 is 5.32 Å². The summed E-state index contributed by atoms with van der Waals surface area (Å²) in [7, 11) is 1.91. The molecule has 0 atom stereocenters. The van der Waals surface area contributed by atoms with Gasteiger partial charge in [0.25, 0.3) is 0 Å². The SMILES string of the molecule is CCN(CC)CCc1nc(CC(C)C)cc(NC)n1. The minimum Gasteiger partial charge on any atom is -0.373 e. The fraction of sp³-hybridized carbons (Fsp3) is 0.733. The van der Waals surface area contributed by atoms with Gasteiger partial charge >= 0.3 is 0 Å². The van der Waals surface area contributed by atoms with Crippen LogP contribution in [0.3, 0.4) is 0 Å². The molecule has 0 bridgehead atoms. The molecule has 0 aromatic carbocycles. The lowest BCUT2D eigenvalue weighted by Gasteiger charge is -2.17. The summed E-state index contributed by atoms with van der Waals surface area (Å²) in [5.41, 5.74) is 1.14. The van der Waals surface area contributed by atoms with E-state index in [4.69, 9.17) is 0 Å². The lowest BCUT2D eigenvalue weighted by Crippen LogP contribution is -2.26. The monoisotopic (exact) mass is 264 g/mol. The van der Waals surface area contributed by atoms with Gasteiger partial charge in [-0.05, 0) is 25.4 Å². The molecule has 4 heteroatoms. The van der Waals surface area contributed by atoms with E-state index in [1.807, 2.05) is 7.05 Å². The van der Waals surface area contributed by atoms with Crippen molar-refractivity contribution < 1.29 is 0 Å². The average Bonchev–Trinajstić information content (AvgIpc) is 2.38. The van der Waals surface area contributed by atoms with Crippen LogP contribution in [0.1, 0.15) is 39.2 Å². The number of hydrogen-bond donors (Lipinski definition) is 1. The Morgan fingerprint density at radius 1 is 1.21 bits per heavy atom. The molecule has 4 nitrogen and oxygen atoms in total. The van der Waals surface area contributed by atoms with Crippen molar-refractivity contribution in [3.63, 3.8) is 0 Å². The van der Waals surface area contributed by atoms with E-state index < -0.39 is 0 Å². The number of nitrogens with zero attached hydrogens (tertiary/aromatic N) is 3. The number of likely N-dealkylation sites (N-methyl/N-ethyl adjacent to an activating group) is 1. The first-order valence-electron chi connectivity index (χ1n) is 7.35. The van der Waals surface area contributed by atoms with Crippen LogP contribution in [0.2, 0.25) is 0 Å². The molecule has 0 spiro atoms. The van der Waals surface area contributed by atoms with Crippen molar-refractivity contribution in [2.45, 2.75) is 40.5 Å². The molecule has 1 aromatic rings. The molecule has 0 aliphatic heterocycles. The van der Waals surface area contributed by atoms with Crippen molar-refractivity contribution in [3.05, 3.63) is 17.6 Å². The second-order valence-corrected chi connectivity index (χ2v) is 5.29. The first-order valence-corrected chi connectivity index (χ1v) is 7.35. The van der Waals surface area contributed by atoms with Crippen LogP contribution in [0.25, 0.3) is 0 Å². The van der Waals surface area contributed by atoms with Crippen molar-refractivity contribution in [2.75, 3.05) is 32.0 Å². The second-order valence-electron chi connectivity index (χ2n) is 5.29. The molecule has 0 saturated carbocycles. The van der Waals surface area contributed by atoms with Crippen LogP contribution in [0, 0.1) is 5.92 Å². The van der Waals surface area contributed by atoms with Gasteiger partial charge in [0.15, 0.2) is 0 Å². The highest BCUT2D eigenvalue weighted by Gasteiger charge is 2.07.